The quantitative estimate of drug-likeness (QED) is 0.640. The van der Waals surface area contributed by atoms with Gasteiger partial charge in [-0.05, 0) is 52.3 Å². The van der Waals surface area contributed by atoms with Crippen LogP contribution in [0.3, 0.4) is 0 Å². The summed E-state index contributed by atoms with van der Waals surface area (Å²) in [5.74, 6) is 0.301. The molecule has 10 heteroatoms. The first-order chi connectivity index (χ1) is 13.5. The van der Waals surface area contributed by atoms with E-state index in [1.54, 1.807) is 30.2 Å². The van der Waals surface area contributed by atoms with Gasteiger partial charge in [0.25, 0.3) is 5.91 Å². The number of ether oxygens (including phenoxy) is 1. The summed E-state index contributed by atoms with van der Waals surface area (Å²) in [5.41, 5.74) is 0.768. The van der Waals surface area contributed by atoms with Crippen LogP contribution in [0.1, 0.15) is 28.8 Å². The number of nitrogens with zero attached hydrogens (tertiary/aromatic N) is 3. The zero-order valence-corrected chi connectivity index (χ0v) is 16.3. The Morgan fingerprint density at radius 3 is 2.68 bits per heavy atom. The maximum Gasteiger partial charge on any atom is 0.322 e. The number of benzene rings is 1. The third-order valence-corrected chi connectivity index (χ3v) is 4.74. The van der Waals surface area contributed by atoms with Crippen molar-refractivity contribution >= 4 is 39.4 Å². The molecule has 1 saturated heterocycles. The molecule has 2 amide bonds. The summed E-state index contributed by atoms with van der Waals surface area (Å²) < 4.78 is 16.3. The Bertz CT molecular complexity index is 1010. The van der Waals surface area contributed by atoms with Crippen molar-refractivity contribution in [2.75, 3.05) is 23.9 Å². The largest absolute Gasteiger partial charge is 0.497 e. The zero-order valence-electron chi connectivity index (χ0n) is 14.7. The highest BCUT2D eigenvalue weighted by Gasteiger charge is 2.35. The summed E-state index contributed by atoms with van der Waals surface area (Å²) in [6.45, 7) is 0.409. The summed E-state index contributed by atoms with van der Waals surface area (Å²) in [6.07, 6.45) is 0.243. The van der Waals surface area contributed by atoms with Crippen LogP contribution in [0.15, 0.2) is 49.9 Å². The SMILES string of the molecule is COc1ccc(N2C[C@H](c3nnc(NC(=O)c4ccc(Br)o4)o3)CC2=O)cc1. The Hall–Kier alpha value is -3.14. The van der Waals surface area contributed by atoms with E-state index in [0.29, 0.717) is 22.9 Å². The lowest BCUT2D eigenvalue weighted by Gasteiger charge is -2.16. The minimum Gasteiger partial charge on any atom is -0.497 e. The maximum atomic E-state index is 12.4. The van der Waals surface area contributed by atoms with E-state index in [4.69, 9.17) is 13.6 Å². The van der Waals surface area contributed by atoms with E-state index in [-0.39, 0.29) is 30.0 Å². The number of furan rings is 1. The van der Waals surface area contributed by atoms with Crippen LogP contribution in [0.25, 0.3) is 0 Å². The van der Waals surface area contributed by atoms with Gasteiger partial charge in [-0.1, -0.05) is 5.10 Å². The number of hydrogen-bond donors (Lipinski definition) is 1. The minimum absolute atomic E-state index is 0.0422. The fourth-order valence-electron chi connectivity index (χ4n) is 2.93. The number of carbonyl (C=O) groups excluding carboxylic acids is 2. The second kappa shape index (κ2) is 7.47. The van der Waals surface area contributed by atoms with Crippen LogP contribution >= 0.6 is 15.9 Å². The predicted octanol–water partition coefficient (Wildman–Crippen LogP) is 3.21. The lowest BCUT2D eigenvalue weighted by Crippen LogP contribution is -2.24. The molecular weight excluding hydrogens is 432 g/mol. The number of amides is 2. The third-order valence-electron chi connectivity index (χ3n) is 4.32. The highest BCUT2D eigenvalue weighted by molar-refractivity contribution is 9.10. The molecule has 0 radical (unpaired) electrons. The van der Waals surface area contributed by atoms with E-state index in [1.807, 2.05) is 12.1 Å². The van der Waals surface area contributed by atoms with Gasteiger partial charge in [0.15, 0.2) is 10.4 Å². The molecule has 1 aromatic carbocycles. The number of methoxy groups -OCH3 is 1. The van der Waals surface area contributed by atoms with Crippen molar-refractivity contribution in [1.82, 2.24) is 10.2 Å². The lowest BCUT2D eigenvalue weighted by atomic mass is 10.1. The van der Waals surface area contributed by atoms with Crippen LogP contribution in [-0.2, 0) is 4.79 Å². The molecule has 3 heterocycles. The highest BCUT2D eigenvalue weighted by atomic mass is 79.9. The average Bonchev–Trinajstić information content (AvgIpc) is 3.42. The Labute approximate surface area is 167 Å². The standard InChI is InChI=1S/C18H15BrN4O5/c1-26-12-4-2-11(3-5-12)23-9-10(8-15(23)24)17-21-22-18(28-17)20-16(25)13-6-7-14(19)27-13/h2-7,10H,8-9H2,1H3,(H,20,22,25)/t10-/m1/s1. The van der Waals surface area contributed by atoms with Gasteiger partial charge in [0.1, 0.15) is 5.75 Å². The van der Waals surface area contributed by atoms with Crippen molar-refractivity contribution in [3.63, 3.8) is 0 Å². The zero-order chi connectivity index (χ0) is 19.7. The molecule has 0 unspecified atom stereocenters. The van der Waals surface area contributed by atoms with E-state index in [0.717, 1.165) is 5.69 Å². The van der Waals surface area contributed by atoms with Gasteiger partial charge in [0, 0.05) is 18.7 Å². The van der Waals surface area contributed by atoms with Gasteiger partial charge in [-0.3, -0.25) is 14.9 Å². The fraction of sp³-hybridized carbons (Fsp3) is 0.222. The molecule has 3 aromatic rings. The van der Waals surface area contributed by atoms with E-state index in [2.05, 4.69) is 31.4 Å². The maximum absolute atomic E-state index is 12.4. The molecule has 1 aliphatic rings. The average molecular weight is 447 g/mol. The van der Waals surface area contributed by atoms with Crippen LogP contribution in [0, 0.1) is 0 Å². The van der Waals surface area contributed by atoms with Crippen molar-refractivity contribution in [2.24, 2.45) is 0 Å². The predicted molar refractivity (Wildman–Crippen MR) is 101 cm³/mol. The first-order valence-corrected chi connectivity index (χ1v) is 9.17. The van der Waals surface area contributed by atoms with E-state index in [1.165, 1.54) is 6.07 Å². The van der Waals surface area contributed by atoms with Crippen molar-refractivity contribution < 1.29 is 23.2 Å². The highest BCUT2D eigenvalue weighted by Crippen LogP contribution is 2.32. The molecule has 28 heavy (non-hydrogen) atoms. The lowest BCUT2D eigenvalue weighted by molar-refractivity contribution is -0.117. The summed E-state index contributed by atoms with van der Waals surface area (Å²) in [5, 5.41) is 10.3. The molecule has 144 valence electrons. The van der Waals surface area contributed by atoms with Crippen LogP contribution in [0.5, 0.6) is 5.75 Å². The normalized spacial score (nSPS) is 16.4. The summed E-state index contributed by atoms with van der Waals surface area (Å²) in [7, 11) is 1.59. The minimum atomic E-state index is -0.511. The second-order valence-electron chi connectivity index (χ2n) is 6.11. The van der Waals surface area contributed by atoms with E-state index in [9.17, 15) is 9.59 Å². The first-order valence-electron chi connectivity index (χ1n) is 8.38. The Kier molecular flexibility index (Phi) is 4.86. The number of aromatic nitrogens is 2. The van der Waals surface area contributed by atoms with E-state index >= 15 is 0 Å². The molecule has 9 nitrogen and oxygen atoms in total. The van der Waals surface area contributed by atoms with Gasteiger partial charge in [-0.2, -0.15) is 0 Å². The Morgan fingerprint density at radius 1 is 1.21 bits per heavy atom. The number of carbonyl (C=O) groups is 2. The van der Waals surface area contributed by atoms with Gasteiger partial charge >= 0.3 is 6.01 Å². The molecule has 1 N–H and O–H groups in total. The van der Waals surface area contributed by atoms with Crippen LogP contribution < -0.4 is 15.0 Å². The molecular formula is C18H15BrN4O5. The molecule has 0 spiro atoms. The van der Waals surface area contributed by atoms with Crippen molar-refractivity contribution in [1.29, 1.82) is 0 Å². The molecule has 0 saturated carbocycles. The number of halogens is 1. The molecule has 1 aliphatic heterocycles. The molecule has 4 rings (SSSR count). The molecule has 0 bridgehead atoms. The van der Waals surface area contributed by atoms with Gasteiger partial charge in [-0.15, -0.1) is 5.10 Å². The van der Waals surface area contributed by atoms with Gasteiger partial charge < -0.3 is 18.5 Å². The number of nitrogens with one attached hydrogen (secondary N) is 1. The first kappa shape index (κ1) is 18.2. The van der Waals surface area contributed by atoms with Crippen LogP contribution in [0.2, 0.25) is 0 Å². The van der Waals surface area contributed by atoms with Gasteiger partial charge in [-0.25, -0.2) is 0 Å². The van der Waals surface area contributed by atoms with Gasteiger partial charge in [0.2, 0.25) is 11.8 Å². The third kappa shape index (κ3) is 3.63. The molecule has 1 fully saturated rings. The van der Waals surface area contributed by atoms with Crippen LogP contribution in [0.4, 0.5) is 11.7 Å². The number of hydrogen-bond acceptors (Lipinski definition) is 7. The fourth-order valence-corrected chi connectivity index (χ4v) is 3.24. The van der Waals surface area contributed by atoms with Crippen molar-refractivity contribution in [3.8, 4) is 5.75 Å². The number of anilines is 2. The molecule has 0 aliphatic carbocycles. The summed E-state index contributed by atoms with van der Waals surface area (Å²) in [6, 6.07) is 10.3. The number of rotatable bonds is 5. The van der Waals surface area contributed by atoms with Crippen molar-refractivity contribution in [2.45, 2.75) is 12.3 Å². The molecule has 1 atom stereocenters. The van der Waals surface area contributed by atoms with Crippen molar-refractivity contribution in [3.05, 3.63) is 52.7 Å². The van der Waals surface area contributed by atoms with E-state index < -0.39 is 5.91 Å². The second-order valence-corrected chi connectivity index (χ2v) is 6.89. The molecule has 2 aromatic heterocycles. The van der Waals surface area contributed by atoms with Crippen LogP contribution in [-0.4, -0.2) is 35.7 Å². The Balaban J connectivity index is 1.44. The Morgan fingerprint density at radius 2 is 2.00 bits per heavy atom. The van der Waals surface area contributed by atoms with Gasteiger partial charge in [0.05, 0.1) is 13.0 Å². The monoisotopic (exact) mass is 446 g/mol. The summed E-state index contributed by atoms with van der Waals surface area (Å²) >= 11 is 3.13. The summed E-state index contributed by atoms with van der Waals surface area (Å²) in [4.78, 5) is 26.1. The smallest absolute Gasteiger partial charge is 0.322 e. The topological polar surface area (TPSA) is 111 Å².